The number of nitrogens with one attached hydrogen (secondary N) is 2. The molecule has 4 aromatic rings. The number of phenols is 1. The number of nitrogen functional groups attached to an aromatic ring is 1. The molecule has 302 valence electrons. The van der Waals surface area contributed by atoms with Gasteiger partial charge < -0.3 is 40.8 Å². The number of rotatable bonds is 9. The lowest BCUT2D eigenvalue weighted by atomic mass is 9.93. The van der Waals surface area contributed by atoms with Crippen LogP contribution in [-0.4, -0.2) is 64.3 Å². The van der Waals surface area contributed by atoms with Crippen LogP contribution in [0.15, 0.2) is 60.8 Å². The summed E-state index contributed by atoms with van der Waals surface area (Å²) < 4.78 is 30.2. The Bertz CT molecular complexity index is 1990. The molecule has 6 N–H and O–H groups in total. The Morgan fingerprint density at radius 3 is 2.16 bits per heavy atom. The predicted molar refractivity (Wildman–Crippen MR) is 214 cm³/mol. The molecule has 3 amide bonds. The van der Waals surface area contributed by atoms with Gasteiger partial charge in [0.05, 0.1) is 0 Å². The number of anilines is 3. The summed E-state index contributed by atoms with van der Waals surface area (Å²) in [6.07, 6.45) is 2.07. The second-order valence-corrected chi connectivity index (χ2v) is 15.7. The number of pyridine rings is 1. The van der Waals surface area contributed by atoms with Gasteiger partial charge in [-0.15, -0.1) is 0 Å². The normalized spacial score (nSPS) is 13.9. The average Bonchev–Trinajstić information content (AvgIpc) is 3.70. The Labute approximate surface area is 327 Å². The highest BCUT2D eigenvalue weighted by Gasteiger charge is 2.35. The number of amides is 3. The molecule has 0 aliphatic carbocycles. The van der Waals surface area contributed by atoms with E-state index in [1.807, 2.05) is 26.0 Å². The van der Waals surface area contributed by atoms with Crippen LogP contribution >= 0.6 is 0 Å². The van der Waals surface area contributed by atoms with Crippen molar-refractivity contribution in [3.8, 4) is 5.75 Å². The van der Waals surface area contributed by atoms with Crippen molar-refractivity contribution in [2.24, 2.45) is 0 Å². The minimum absolute atomic E-state index is 0.00441. The van der Waals surface area contributed by atoms with Crippen molar-refractivity contribution in [1.29, 1.82) is 0 Å². The van der Waals surface area contributed by atoms with E-state index in [2.05, 4.69) is 15.6 Å². The highest BCUT2D eigenvalue weighted by Crippen LogP contribution is 2.32. The number of nitrogens with two attached hydrogens (primary N) is 1. The summed E-state index contributed by atoms with van der Waals surface area (Å²) in [7, 11) is 0. The maximum absolute atomic E-state index is 14.2. The van der Waals surface area contributed by atoms with Gasteiger partial charge in [-0.2, -0.15) is 4.90 Å². The Kier molecular flexibility index (Phi) is 14.2. The number of carbonyl (C=O) groups excluding carboxylic acids is 3. The van der Waals surface area contributed by atoms with Gasteiger partial charge in [0.25, 0.3) is 0 Å². The van der Waals surface area contributed by atoms with Crippen LogP contribution in [0.25, 0.3) is 10.8 Å². The van der Waals surface area contributed by atoms with Gasteiger partial charge in [0, 0.05) is 66.9 Å². The van der Waals surface area contributed by atoms with Gasteiger partial charge in [-0.3, -0.25) is 4.79 Å². The molecule has 0 radical (unpaired) electrons. The van der Waals surface area contributed by atoms with Crippen molar-refractivity contribution >= 4 is 46.1 Å². The summed E-state index contributed by atoms with van der Waals surface area (Å²) in [6, 6.07) is 13.6. The first-order chi connectivity index (χ1) is 26.3. The Hall–Kier alpha value is -5.47. The number of benzene rings is 3. The molecule has 1 aliphatic heterocycles. The molecular weight excluding hydrogens is 721 g/mol. The van der Waals surface area contributed by atoms with Crippen molar-refractivity contribution in [2.75, 3.05) is 35.8 Å². The maximum Gasteiger partial charge on any atom is 0.425 e. The summed E-state index contributed by atoms with van der Waals surface area (Å²) in [6.45, 7) is 15.6. The number of aliphatic hydroxyl groups is 1. The molecule has 0 bridgehead atoms. The number of hydrogen-bond donors (Lipinski definition) is 5. The van der Waals surface area contributed by atoms with Crippen molar-refractivity contribution in [3.05, 3.63) is 88.9 Å². The van der Waals surface area contributed by atoms with E-state index in [-0.39, 0.29) is 36.1 Å². The third-order valence-corrected chi connectivity index (χ3v) is 8.56. The van der Waals surface area contributed by atoms with Gasteiger partial charge in [-0.1, -0.05) is 25.1 Å². The van der Waals surface area contributed by atoms with E-state index < -0.39 is 46.9 Å². The van der Waals surface area contributed by atoms with Crippen molar-refractivity contribution in [3.63, 3.8) is 0 Å². The fourth-order valence-corrected chi connectivity index (χ4v) is 5.90. The Balaban J connectivity index is 0.00000129. The number of aryl methyl sites for hydroxylation is 1. The number of fused-ring (bicyclic) bond motifs is 1. The summed E-state index contributed by atoms with van der Waals surface area (Å²) in [5, 5.41) is 27.0. The summed E-state index contributed by atoms with van der Waals surface area (Å²) in [5.41, 5.74) is 7.02. The molecule has 2 atom stereocenters. The van der Waals surface area contributed by atoms with Crippen LogP contribution in [0.4, 0.5) is 31.2 Å². The van der Waals surface area contributed by atoms with Crippen LogP contribution in [0.2, 0.25) is 0 Å². The third kappa shape index (κ3) is 11.8. The molecule has 1 aromatic heterocycles. The van der Waals surface area contributed by atoms with Crippen LogP contribution in [0, 0.1) is 12.7 Å². The molecule has 3 aromatic carbocycles. The van der Waals surface area contributed by atoms with Gasteiger partial charge in [0.2, 0.25) is 5.91 Å². The topological polar surface area (TPSA) is 186 Å². The number of hydrogen-bond acceptors (Lipinski definition) is 11. The Morgan fingerprint density at radius 1 is 0.964 bits per heavy atom. The van der Waals surface area contributed by atoms with Gasteiger partial charge in [0.1, 0.15) is 17.2 Å². The lowest BCUT2D eigenvalue weighted by Gasteiger charge is -2.28. The minimum atomic E-state index is -0.978. The second-order valence-electron chi connectivity index (χ2n) is 15.7. The standard InChI is InChI=1S/C38H46FN5O7.C4H8O/c1-21-15-24(9-11-28(21)22(2)20-45)31(34(47)42-19-25-16-26(40)18-30(39)32(25)46)43-27-10-12-29-23(17-27)13-14-41-33(29)44(35(48)50-37(3,4)5)36(49)51-38(6,7)8;1-2-4-5-3-1/h9-18,22,31,43,45-46H,19-20,40H2,1-8H3,(H,42,47);1-4H2. The van der Waals surface area contributed by atoms with E-state index in [9.17, 15) is 29.0 Å². The third-order valence-electron chi connectivity index (χ3n) is 8.56. The number of carbonyl (C=O) groups is 3. The SMILES string of the molecule is C1CCOC1.Cc1cc(C(Nc2ccc3c(N(C(=O)OC(C)(C)C)C(=O)OC(C)(C)C)nccc3c2)C(=O)NCc2cc(N)cc(F)c2O)ccc1C(C)CO. The molecular formula is C42H54FN5O8. The van der Waals surface area contributed by atoms with E-state index in [1.165, 1.54) is 25.1 Å². The van der Waals surface area contributed by atoms with Crippen molar-refractivity contribution < 1.29 is 43.2 Å². The van der Waals surface area contributed by atoms with Crippen LogP contribution < -0.4 is 21.3 Å². The van der Waals surface area contributed by atoms with E-state index in [4.69, 9.17) is 19.9 Å². The van der Waals surface area contributed by atoms with Crippen LogP contribution in [0.1, 0.15) is 95.5 Å². The van der Waals surface area contributed by atoms with Gasteiger partial charge in [0.15, 0.2) is 17.4 Å². The molecule has 2 unspecified atom stereocenters. The fraction of sp³-hybridized carbons (Fsp3) is 0.429. The highest BCUT2D eigenvalue weighted by atomic mass is 19.1. The minimum Gasteiger partial charge on any atom is -0.505 e. The van der Waals surface area contributed by atoms with E-state index in [1.54, 1.807) is 71.9 Å². The molecule has 56 heavy (non-hydrogen) atoms. The van der Waals surface area contributed by atoms with Crippen LogP contribution in [0.5, 0.6) is 5.75 Å². The van der Waals surface area contributed by atoms with Crippen molar-refractivity contribution in [2.45, 2.75) is 97.9 Å². The molecule has 5 rings (SSSR count). The zero-order valence-electron chi connectivity index (χ0n) is 33.4. The van der Waals surface area contributed by atoms with Crippen LogP contribution in [0.3, 0.4) is 0 Å². The average molecular weight is 776 g/mol. The lowest BCUT2D eigenvalue weighted by Crippen LogP contribution is -2.44. The smallest absolute Gasteiger partial charge is 0.425 e. The van der Waals surface area contributed by atoms with Gasteiger partial charge in [-0.05, 0) is 114 Å². The highest BCUT2D eigenvalue weighted by molar-refractivity contribution is 6.14. The number of aromatic nitrogens is 1. The number of aromatic hydroxyl groups is 1. The van der Waals surface area contributed by atoms with Crippen molar-refractivity contribution in [1.82, 2.24) is 10.3 Å². The largest absolute Gasteiger partial charge is 0.505 e. The second kappa shape index (κ2) is 18.4. The predicted octanol–water partition coefficient (Wildman–Crippen LogP) is 8.01. The molecule has 0 spiro atoms. The first kappa shape index (κ1) is 43.3. The molecule has 13 nitrogen and oxygen atoms in total. The lowest BCUT2D eigenvalue weighted by molar-refractivity contribution is -0.122. The van der Waals surface area contributed by atoms with Crippen LogP contribution in [-0.2, 0) is 25.5 Å². The first-order valence-electron chi connectivity index (χ1n) is 18.5. The number of imide groups is 1. The summed E-state index contributed by atoms with van der Waals surface area (Å²) in [4.78, 5) is 45.7. The first-order valence-corrected chi connectivity index (χ1v) is 18.5. The van der Waals surface area contributed by atoms with Gasteiger partial charge in [-0.25, -0.2) is 19.0 Å². The molecule has 14 heteroatoms. The van der Waals surface area contributed by atoms with E-state index in [0.717, 1.165) is 35.3 Å². The number of phenolic OH excluding ortho intramolecular Hbond substituents is 1. The molecule has 1 saturated heterocycles. The monoisotopic (exact) mass is 775 g/mol. The maximum atomic E-state index is 14.2. The molecule has 0 saturated carbocycles. The Morgan fingerprint density at radius 2 is 1.61 bits per heavy atom. The zero-order valence-corrected chi connectivity index (χ0v) is 33.4. The van der Waals surface area contributed by atoms with E-state index >= 15 is 0 Å². The number of nitrogens with zero attached hydrogens (tertiary/aromatic N) is 2. The summed E-state index contributed by atoms with van der Waals surface area (Å²) in [5.74, 6) is -2.13. The quantitative estimate of drug-likeness (QED) is 0.0819. The molecule has 1 fully saturated rings. The number of ether oxygens (including phenoxy) is 3. The number of aliphatic hydroxyl groups excluding tert-OH is 1. The summed E-state index contributed by atoms with van der Waals surface area (Å²) >= 11 is 0. The van der Waals surface area contributed by atoms with E-state index in [0.29, 0.717) is 22.0 Å². The molecule has 2 heterocycles. The zero-order chi connectivity index (χ0) is 41.4. The number of halogens is 1. The fourth-order valence-electron chi connectivity index (χ4n) is 5.90. The molecule has 1 aliphatic rings. The van der Waals surface area contributed by atoms with Gasteiger partial charge >= 0.3 is 12.2 Å².